The van der Waals surface area contributed by atoms with Gasteiger partial charge in [-0.25, -0.2) is 0 Å². The number of nitrogens with two attached hydrogens (primary N) is 12. The van der Waals surface area contributed by atoms with Crippen molar-refractivity contribution in [2.45, 2.75) is 297 Å². The lowest BCUT2D eigenvalue weighted by molar-refractivity contribution is -0.306. The van der Waals surface area contributed by atoms with Crippen LogP contribution in [0.25, 0.3) is 10.8 Å². The Hall–Kier alpha value is -4.99. The van der Waals surface area contributed by atoms with E-state index < -0.39 is 256 Å². The standard InChI is InChI=1S/C86H147N21O29S4/c1-104(2)24-25-107-77(123)38-13-11-36-51-37(12-14-39(52(38)51)78(107)124)76(122)106(75(36)121)23-8-10-50(108)99-15-4-3-6-20-105(22-9-17-101-86(138)103-19-27-140-35-49-72(134-82-56(98)66(118)62(114)47(33-90)128-82)68(120)84(130-49)136-74-58(110)41(92)29-43(94)70(74)132-80-54(96)64(116)60(112)45(31-88)126-80)21-7-5-16-100-85(137)102-18-26-139-34-48-71(133-81-55(97)65(117)61(113)46(32-89)127-81)67(119)83(129-48)135-73-57(109)40(91)28-42(93)69(73)131-79-53(95)63(115)59(111)44(30-87)125-79/h11-14,40-49,53-74,79-84,109-120H,3-10,15-35,87-98H2,1-2H3,(H,99,108)(H2,100,102,137)(H2,101,103,138)/t40-,41-,42?,43?,44?,45?,46+,47+,48-,49-,53?,54?,55?,56?,57?,58?,59-,60-,61-,62-,63-,64-,65?,66?,67+,68+,69-,70-,71+,72+,73-,74-,79+,80-,81-,82-,83?,84?/m1/s1. The van der Waals surface area contributed by atoms with Crippen molar-refractivity contribution in [2.24, 2.45) is 68.8 Å². The van der Waals surface area contributed by atoms with Gasteiger partial charge in [0.1, 0.15) is 122 Å². The van der Waals surface area contributed by atoms with Crippen molar-refractivity contribution in [3.8, 4) is 0 Å². The molecule has 2 aromatic rings. The zero-order valence-electron chi connectivity index (χ0n) is 78.4. The van der Waals surface area contributed by atoms with Crippen LogP contribution in [0.3, 0.4) is 0 Å². The van der Waals surface area contributed by atoms with Gasteiger partial charge in [-0.1, -0.05) is 6.42 Å². The van der Waals surface area contributed by atoms with Crippen LogP contribution in [0.2, 0.25) is 0 Å². The number of thioether (sulfide) groups is 2. The van der Waals surface area contributed by atoms with Gasteiger partial charge in [-0.05, 0) is 134 Å². The minimum Gasteiger partial charge on any atom is -0.389 e. The molecule has 8 heterocycles. The first-order valence-corrected chi connectivity index (χ1v) is 51.0. The van der Waals surface area contributed by atoms with E-state index in [1.165, 1.54) is 52.7 Å². The van der Waals surface area contributed by atoms with E-state index in [9.17, 15) is 85.3 Å². The van der Waals surface area contributed by atoms with Crippen molar-refractivity contribution in [2.75, 3.05) is 135 Å². The smallest absolute Gasteiger partial charge is 0.261 e. The number of nitrogens with zero attached hydrogens (tertiary/aromatic N) is 4. The maximum atomic E-state index is 14.0. The molecule has 0 aromatic heterocycles. The number of thiocarbonyl (C=S) groups is 2. The zero-order chi connectivity index (χ0) is 102. The van der Waals surface area contributed by atoms with Crippen LogP contribution >= 0.6 is 48.0 Å². The summed E-state index contributed by atoms with van der Waals surface area (Å²) in [7, 11) is 3.66. The molecule has 0 spiro atoms. The van der Waals surface area contributed by atoms with Gasteiger partial charge < -0.3 is 223 Å². The second kappa shape index (κ2) is 52.7. The highest BCUT2D eigenvalue weighted by Crippen LogP contribution is 2.42. The molecule has 8 fully saturated rings. The monoisotopic (exact) mass is 2070 g/mol. The molecule has 0 bridgehead atoms. The molecule has 12 rings (SSSR count). The first-order chi connectivity index (χ1) is 66.8. The number of hydrogen-bond acceptors (Lipinski definition) is 47. The highest BCUT2D eigenvalue weighted by atomic mass is 32.2. The maximum absolute atomic E-state index is 14.0. The molecular weight excluding hydrogens is 1920 g/mol. The lowest BCUT2D eigenvalue weighted by Crippen LogP contribution is -2.68. The molecule has 140 heavy (non-hydrogen) atoms. The van der Waals surface area contributed by atoms with Gasteiger partial charge in [0.25, 0.3) is 23.6 Å². The van der Waals surface area contributed by atoms with E-state index in [0.29, 0.717) is 86.9 Å². The minimum absolute atomic E-state index is 0.0316. The topological polar surface area (TPSA) is 824 Å². The van der Waals surface area contributed by atoms with Gasteiger partial charge in [0.2, 0.25) is 5.91 Å². The second-order valence-electron chi connectivity index (χ2n) is 37.5. The summed E-state index contributed by atoms with van der Waals surface area (Å²) in [6.07, 6.45) is -36.4. The van der Waals surface area contributed by atoms with Gasteiger partial charge in [-0.3, -0.25) is 33.8 Å². The van der Waals surface area contributed by atoms with Crippen molar-refractivity contribution in [1.29, 1.82) is 0 Å². The first kappa shape index (κ1) is 114. The molecule has 10 aliphatic rings. The number of carbonyl (C=O) groups is 5. The summed E-state index contributed by atoms with van der Waals surface area (Å²) in [4.78, 5) is 75.0. The fourth-order valence-corrected chi connectivity index (χ4v) is 21.2. The number of unbranched alkanes of at least 4 members (excludes halogenated alkanes) is 3. The van der Waals surface area contributed by atoms with Gasteiger partial charge in [0.05, 0.1) is 48.6 Å². The normalized spacial score (nSPS) is 37.9. The van der Waals surface area contributed by atoms with Crippen LogP contribution in [0.4, 0.5) is 0 Å². The summed E-state index contributed by atoms with van der Waals surface area (Å²) in [6.45, 7) is 3.94. The summed E-state index contributed by atoms with van der Waals surface area (Å²) < 4.78 is 74.1. The molecular formula is C86H147N21O29S4. The molecule has 0 radical (unpaired) electrons. The number of nitrogens with one attached hydrogen (secondary N) is 5. The first-order valence-electron chi connectivity index (χ1n) is 47.8. The molecule has 38 atom stereocenters. The number of likely N-dealkylation sites (N-methyl/N-ethyl adjacent to an activating group) is 1. The van der Waals surface area contributed by atoms with Crippen LogP contribution in [-0.4, -0.2) is 488 Å². The lowest BCUT2D eigenvalue weighted by atomic mass is 9.84. The van der Waals surface area contributed by atoms with Crippen LogP contribution in [-0.2, 0) is 61.6 Å². The van der Waals surface area contributed by atoms with Gasteiger partial charge in [0.15, 0.2) is 48.0 Å². The van der Waals surface area contributed by atoms with E-state index >= 15 is 0 Å². The number of carbonyl (C=O) groups excluding carboxylic acids is 5. The van der Waals surface area contributed by atoms with Crippen LogP contribution in [0.5, 0.6) is 0 Å². The SMILES string of the molecule is CN(C)CCN1C(=O)c2ccc3c4c(ccc(c24)C1=O)C(=O)N(CCCC(=O)NCCCCCN(CCCCNC(=S)NCCSC[C@H]1OC(O[C@@H]2C(O)[C@H](N)CC(N)[C@H]2O[C@@H]2OC(CN)[C@@H](O)[C@H](O)C2N)[C@@H](O)[C@H]1O[C@H]1O[C@@H](CN)[C@@H](O)C(O)C1N)CCCNC(=S)NCCSC[C@H]1OC(O[C@@H]2C(O)[C@H](N)CC(N)[C@H]2O[C@H]2OC(CN)[C@@H](O)[C@H](O)C2N)[C@@H](O)[C@H]1O[C@H]1O[C@@H](CN)[C@@H](O)C(O)C1N)C3=O. The van der Waals surface area contributed by atoms with Crippen molar-refractivity contribution in [3.63, 3.8) is 0 Å². The molecule has 794 valence electrons. The number of aliphatic hydroxyl groups excluding tert-OH is 12. The highest BCUT2D eigenvalue weighted by Gasteiger charge is 2.58. The van der Waals surface area contributed by atoms with Crippen LogP contribution in [0.15, 0.2) is 24.3 Å². The van der Waals surface area contributed by atoms with Crippen LogP contribution < -0.4 is 95.4 Å². The number of amides is 5. The molecule has 50 nitrogen and oxygen atoms in total. The molecule has 41 N–H and O–H groups in total. The number of benzene rings is 2. The summed E-state index contributed by atoms with van der Waals surface area (Å²) in [5.74, 6) is -1.24. The van der Waals surface area contributed by atoms with E-state index in [2.05, 4.69) is 31.5 Å². The Morgan fingerprint density at radius 1 is 0.371 bits per heavy atom. The number of imide groups is 2. The average Bonchev–Trinajstić information content (AvgIpc) is 0.958. The molecule has 5 amide bonds. The van der Waals surface area contributed by atoms with Crippen molar-refractivity contribution >= 4 is 98.5 Å². The third-order valence-corrected chi connectivity index (χ3v) is 29.9. The second-order valence-corrected chi connectivity index (χ2v) is 40.6. The number of ether oxygens (including phenoxy) is 12. The Bertz CT molecular complexity index is 4300. The van der Waals surface area contributed by atoms with Gasteiger partial charge in [-0.15, -0.1) is 0 Å². The number of hydrogen-bond donors (Lipinski definition) is 29. The molecule has 2 aliphatic carbocycles. The molecule has 54 heteroatoms. The summed E-state index contributed by atoms with van der Waals surface area (Å²) in [5, 5.41) is 151. The van der Waals surface area contributed by atoms with E-state index in [4.69, 9.17) is 150 Å². The summed E-state index contributed by atoms with van der Waals surface area (Å²) in [6, 6.07) is -2.91. The Kier molecular flexibility index (Phi) is 42.8. The third kappa shape index (κ3) is 27.2. The molecule has 14 unspecified atom stereocenters. The predicted molar refractivity (Wildman–Crippen MR) is 514 cm³/mol. The van der Waals surface area contributed by atoms with E-state index in [-0.39, 0.29) is 115 Å². The molecule has 2 aromatic carbocycles. The molecule has 8 aliphatic heterocycles. The van der Waals surface area contributed by atoms with Gasteiger partial charge in [-0.2, -0.15) is 23.5 Å². The van der Waals surface area contributed by atoms with Crippen molar-refractivity contribution < 1.29 is 142 Å². The van der Waals surface area contributed by atoms with E-state index in [1.54, 1.807) is 0 Å². The number of rotatable bonds is 48. The molecule has 6 saturated heterocycles. The van der Waals surface area contributed by atoms with Gasteiger partial charge >= 0.3 is 0 Å². The Balaban J connectivity index is 0.616. The van der Waals surface area contributed by atoms with Crippen molar-refractivity contribution in [1.82, 2.24) is 46.2 Å². The van der Waals surface area contributed by atoms with E-state index in [1.807, 2.05) is 19.0 Å². The van der Waals surface area contributed by atoms with Crippen LogP contribution in [0.1, 0.15) is 106 Å². The zero-order valence-corrected chi connectivity index (χ0v) is 81.7. The highest BCUT2D eigenvalue weighted by molar-refractivity contribution is 7.99. The number of aliphatic hydroxyl groups is 12. The predicted octanol–water partition coefficient (Wildman–Crippen LogP) is -13.2. The summed E-state index contributed by atoms with van der Waals surface area (Å²) in [5.41, 5.74) is 75.4. The fraction of sp³-hybridized carbons (Fsp3) is 0.802. The fourth-order valence-electron chi connectivity index (χ4n) is 19.0. The largest absolute Gasteiger partial charge is 0.389 e. The maximum Gasteiger partial charge on any atom is 0.261 e. The van der Waals surface area contributed by atoms with Crippen LogP contribution in [0, 0.1) is 0 Å². The Morgan fingerprint density at radius 3 is 1.06 bits per heavy atom. The Morgan fingerprint density at radius 2 is 0.686 bits per heavy atom. The lowest BCUT2D eigenvalue weighted by Gasteiger charge is -2.47. The quantitative estimate of drug-likeness (QED) is 0.0166. The third-order valence-electron chi connectivity index (χ3n) is 27.2. The van der Waals surface area contributed by atoms with E-state index in [0.717, 1.165) is 37.1 Å². The van der Waals surface area contributed by atoms with Crippen molar-refractivity contribution in [3.05, 3.63) is 46.5 Å². The molecule has 2 saturated carbocycles. The van der Waals surface area contributed by atoms with Gasteiger partial charge in [0, 0.05) is 165 Å². The minimum atomic E-state index is -1.64. The Labute approximate surface area is 829 Å². The summed E-state index contributed by atoms with van der Waals surface area (Å²) >= 11 is 14.2. The average molecular weight is 2070 g/mol.